The van der Waals surface area contributed by atoms with Gasteiger partial charge in [-0.3, -0.25) is 10.1 Å². The zero-order chi connectivity index (χ0) is 17.8. The van der Waals surface area contributed by atoms with E-state index in [1.165, 1.54) is 24.0 Å². The molecule has 2 N–H and O–H groups in total. The first-order valence-electron chi connectivity index (χ1n) is 8.70. The molecule has 1 saturated carbocycles. The largest absolute Gasteiger partial charge is 0.325 e. The molecule has 0 radical (unpaired) electrons. The number of carbonyl (C=O) groups is 1. The van der Waals surface area contributed by atoms with Crippen molar-refractivity contribution in [1.82, 2.24) is 5.32 Å². The van der Waals surface area contributed by atoms with Crippen LogP contribution in [0.25, 0.3) is 0 Å². The van der Waals surface area contributed by atoms with E-state index in [9.17, 15) is 4.79 Å². The fourth-order valence-corrected chi connectivity index (χ4v) is 2.97. The van der Waals surface area contributed by atoms with Gasteiger partial charge in [-0.15, -0.1) is 0 Å². The standard InChI is InChI=1S/C21H23N3O/c1-14-6-8-17(9-7-14)20(18-10-11-18)23-15(2)21(25)24-19-5-3-4-16(12-19)13-22/h3-9,12,15,18,20,23H,10-11H2,1-2H3,(H,24,25)/t15-,20-/m1/s1. The molecule has 0 saturated heterocycles. The summed E-state index contributed by atoms with van der Waals surface area (Å²) in [6.45, 7) is 3.96. The quantitative estimate of drug-likeness (QED) is 0.841. The van der Waals surface area contributed by atoms with Gasteiger partial charge in [-0.25, -0.2) is 0 Å². The van der Waals surface area contributed by atoms with E-state index < -0.39 is 0 Å². The molecule has 1 amide bonds. The van der Waals surface area contributed by atoms with Crippen molar-refractivity contribution in [3.05, 3.63) is 65.2 Å². The summed E-state index contributed by atoms with van der Waals surface area (Å²) in [6, 6.07) is 17.5. The second-order valence-corrected chi connectivity index (χ2v) is 6.80. The van der Waals surface area contributed by atoms with Crippen LogP contribution in [0.4, 0.5) is 5.69 Å². The van der Waals surface area contributed by atoms with Crippen LogP contribution < -0.4 is 10.6 Å². The first-order valence-corrected chi connectivity index (χ1v) is 8.70. The van der Waals surface area contributed by atoms with Crippen LogP contribution >= 0.6 is 0 Å². The molecule has 0 heterocycles. The van der Waals surface area contributed by atoms with Crippen molar-refractivity contribution < 1.29 is 4.79 Å². The number of aryl methyl sites for hydroxylation is 1. The lowest BCUT2D eigenvalue weighted by Gasteiger charge is -2.23. The SMILES string of the molecule is Cc1ccc([C@@H](N[C@H](C)C(=O)Nc2cccc(C#N)c2)C2CC2)cc1. The van der Waals surface area contributed by atoms with Crippen molar-refractivity contribution in [3.8, 4) is 6.07 Å². The van der Waals surface area contributed by atoms with E-state index in [0.29, 0.717) is 17.2 Å². The van der Waals surface area contributed by atoms with Crippen LogP contribution in [0.5, 0.6) is 0 Å². The molecule has 1 fully saturated rings. The number of hydrogen-bond donors (Lipinski definition) is 2. The van der Waals surface area contributed by atoms with Crippen molar-refractivity contribution in [2.75, 3.05) is 5.32 Å². The van der Waals surface area contributed by atoms with E-state index in [1.54, 1.807) is 24.3 Å². The fourth-order valence-electron chi connectivity index (χ4n) is 2.97. The van der Waals surface area contributed by atoms with E-state index in [0.717, 1.165) is 0 Å². The molecule has 2 aromatic rings. The number of carbonyl (C=O) groups excluding carboxylic acids is 1. The monoisotopic (exact) mass is 333 g/mol. The van der Waals surface area contributed by atoms with E-state index in [2.05, 4.69) is 47.9 Å². The van der Waals surface area contributed by atoms with Crippen molar-refractivity contribution in [2.24, 2.45) is 5.92 Å². The molecule has 4 heteroatoms. The Labute approximate surface area is 148 Å². The smallest absolute Gasteiger partial charge is 0.241 e. The average Bonchev–Trinajstić information content (AvgIpc) is 3.45. The minimum absolute atomic E-state index is 0.0900. The number of nitrogens with zero attached hydrogens (tertiary/aromatic N) is 1. The third-order valence-corrected chi connectivity index (χ3v) is 4.61. The second kappa shape index (κ2) is 7.50. The summed E-state index contributed by atoms with van der Waals surface area (Å²) in [5.74, 6) is 0.507. The van der Waals surface area contributed by atoms with Crippen LogP contribution in [-0.2, 0) is 4.79 Å². The summed E-state index contributed by atoms with van der Waals surface area (Å²) in [6.07, 6.45) is 2.40. The van der Waals surface area contributed by atoms with Crippen LogP contribution in [0.1, 0.15) is 42.5 Å². The van der Waals surface area contributed by atoms with Crippen LogP contribution in [-0.4, -0.2) is 11.9 Å². The highest BCUT2D eigenvalue weighted by Gasteiger charge is 2.34. The van der Waals surface area contributed by atoms with Gasteiger partial charge in [0.2, 0.25) is 5.91 Å². The minimum Gasteiger partial charge on any atom is -0.325 e. The molecule has 0 unspecified atom stereocenters. The summed E-state index contributed by atoms with van der Waals surface area (Å²) in [5.41, 5.74) is 3.66. The fraction of sp³-hybridized carbons (Fsp3) is 0.333. The maximum absolute atomic E-state index is 12.5. The van der Waals surface area contributed by atoms with E-state index >= 15 is 0 Å². The highest BCUT2D eigenvalue weighted by molar-refractivity contribution is 5.94. The third kappa shape index (κ3) is 4.46. The summed E-state index contributed by atoms with van der Waals surface area (Å²) in [7, 11) is 0. The molecule has 3 rings (SSSR count). The molecule has 1 aliphatic rings. The number of hydrogen-bond acceptors (Lipinski definition) is 3. The predicted octanol–water partition coefficient (Wildman–Crippen LogP) is 3.93. The van der Waals surface area contributed by atoms with Gasteiger partial charge in [0.1, 0.15) is 0 Å². The molecule has 0 bridgehead atoms. The first-order chi connectivity index (χ1) is 12.1. The lowest BCUT2D eigenvalue weighted by Crippen LogP contribution is -2.40. The van der Waals surface area contributed by atoms with Crippen LogP contribution in [0.15, 0.2) is 48.5 Å². The summed E-state index contributed by atoms with van der Waals surface area (Å²) >= 11 is 0. The summed E-state index contributed by atoms with van der Waals surface area (Å²) in [5, 5.41) is 15.3. The average molecular weight is 333 g/mol. The number of rotatable bonds is 6. The van der Waals surface area contributed by atoms with Crippen molar-refractivity contribution in [2.45, 2.75) is 38.8 Å². The van der Waals surface area contributed by atoms with Crippen LogP contribution in [0.2, 0.25) is 0 Å². The Morgan fingerprint density at radius 3 is 2.56 bits per heavy atom. The van der Waals surface area contributed by atoms with Gasteiger partial charge in [0, 0.05) is 11.7 Å². The number of nitriles is 1. The lowest BCUT2D eigenvalue weighted by atomic mass is 10.00. The Hall–Kier alpha value is -2.64. The molecular formula is C21H23N3O. The maximum Gasteiger partial charge on any atom is 0.241 e. The summed E-state index contributed by atoms with van der Waals surface area (Å²) in [4.78, 5) is 12.5. The molecule has 0 spiro atoms. The highest BCUT2D eigenvalue weighted by Crippen LogP contribution is 2.41. The Kier molecular flexibility index (Phi) is 5.16. The molecule has 2 atom stereocenters. The molecule has 25 heavy (non-hydrogen) atoms. The van der Waals surface area contributed by atoms with Crippen LogP contribution in [0, 0.1) is 24.2 Å². The number of anilines is 1. The lowest BCUT2D eigenvalue weighted by molar-refractivity contribution is -0.118. The van der Waals surface area contributed by atoms with Crippen molar-refractivity contribution >= 4 is 11.6 Å². The Balaban J connectivity index is 1.66. The molecule has 128 valence electrons. The maximum atomic E-state index is 12.5. The summed E-state index contributed by atoms with van der Waals surface area (Å²) < 4.78 is 0. The molecule has 1 aliphatic carbocycles. The zero-order valence-electron chi connectivity index (χ0n) is 14.6. The van der Waals surface area contributed by atoms with Gasteiger partial charge in [0.15, 0.2) is 0 Å². The van der Waals surface area contributed by atoms with E-state index in [-0.39, 0.29) is 18.0 Å². The number of benzene rings is 2. The van der Waals surface area contributed by atoms with Gasteiger partial charge >= 0.3 is 0 Å². The number of amides is 1. The molecule has 0 aromatic heterocycles. The molecule has 4 nitrogen and oxygen atoms in total. The Bertz CT molecular complexity index is 788. The zero-order valence-corrected chi connectivity index (χ0v) is 14.6. The number of nitrogens with one attached hydrogen (secondary N) is 2. The third-order valence-electron chi connectivity index (χ3n) is 4.61. The second-order valence-electron chi connectivity index (χ2n) is 6.80. The van der Waals surface area contributed by atoms with Crippen molar-refractivity contribution in [1.29, 1.82) is 5.26 Å². The Morgan fingerprint density at radius 1 is 1.20 bits per heavy atom. The predicted molar refractivity (Wildman–Crippen MR) is 99.0 cm³/mol. The molecular weight excluding hydrogens is 310 g/mol. The van der Waals surface area contributed by atoms with Gasteiger partial charge in [0.25, 0.3) is 0 Å². The van der Waals surface area contributed by atoms with E-state index in [1.807, 2.05) is 6.92 Å². The van der Waals surface area contributed by atoms with Gasteiger partial charge < -0.3 is 5.32 Å². The van der Waals surface area contributed by atoms with Gasteiger partial charge in [0.05, 0.1) is 17.7 Å². The Morgan fingerprint density at radius 2 is 1.92 bits per heavy atom. The molecule has 2 aromatic carbocycles. The molecule has 0 aliphatic heterocycles. The minimum atomic E-state index is -0.322. The van der Waals surface area contributed by atoms with Crippen LogP contribution in [0.3, 0.4) is 0 Å². The van der Waals surface area contributed by atoms with Gasteiger partial charge in [-0.2, -0.15) is 5.26 Å². The van der Waals surface area contributed by atoms with Gasteiger partial charge in [-0.1, -0.05) is 35.9 Å². The van der Waals surface area contributed by atoms with Crippen molar-refractivity contribution in [3.63, 3.8) is 0 Å². The topological polar surface area (TPSA) is 64.9 Å². The van der Waals surface area contributed by atoms with E-state index in [4.69, 9.17) is 5.26 Å². The normalized spacial score (nSPS) is 15.9. The first kappa shape index (κ1) is 17.2. The van der Waals surface area contributed by atoms with Gasteiger partial charge in [-0.05, 0) is 56.4 Å². The highest BCUT2D eigenvalue weighted by atomic mass is 16.2.